The molecule has 29 heavy (non-hydrogen) atoms. The molecule has 3 rings (SSSR count). The fourth-order valence-corrected chi connectivity index (χ4v) is 3.70. The second-order valence-corrected chi connectivity index (χ2v) is 7.33. The number of imidazole rings is 1. The molecule has 7 nitrogen and oxygen atoms in total. The van der Waals surface area contributed by atoms with Crippen molar-refractivity contribution in [2.45, 2.75) is 43.5 Å². The molecule has 160 valence electrons. The van der Waals surface area contributed by atoms with Crippen molar-refractivity contribution in [3.63, 3.8) is 0 Å². The minimum Gasteiger partial charge on any atom is -0.468 e. The van der Waals surface area contributed by atoms with Crippen LogP contribution in [0.25, 0.3) is 0 Å². The lowest BCUT2D eigenvalue weighted by molar-refractivity contribution is -0.271. The van der Waals surface area contributed by atoms with Gasteiger partial charge in [-0.2, -0.15) is 13.2 Å². The van der Waals surface area contributed by atoms with Gasteiger partial charge in [-0.15, -0.1) is 0 Å². The number of aliphatic hydroxyl groups is 1. The van der Waals surface area contributed by atoms with Crippen molar-refractivity contribution in [1.82, 2.24) is 19.8 Å². The molecule has 1 aliphatic heterocycles. The van der Waals surface area contributed by atoms with E-state index in [4.69, 9.17) is 4.42 Å². The number of rotatable bonds is 7. The van der Waals surface area contributed by atoms with E-state index in [1.807, 2.05) is 0 Å². The number of hydrogen-bond donors (Lipinski definition) is 2. The first kappa shape index (κ1) is 21.4. The van der Waals surface area contributed by atoms with Crippen LogP contribution < -0.4 is 5.32 Å². The second kappa shape index (κ2) is 8.58. The quantitative estimate of drug-likeness (QED) is 0.728. The number of nitrogens with zero attached hydrogens (tertiary/aromatic N) is 3. The van der Waals surface area contributed by atoms with E-state index >= 15 is 0 Å². The van der Waals surface area contributed by atoms with Gasteiger partial charge in [0, 0.05) is 26.0 Å². The second-order valence-electron chi connectivity index (χ2n) is 7.33. The summed E-state index contributed by atoms with van der Waals surface area (Å²) >= 11 is 0. The number of halogens is 3. The van der Waals surface area contributed by atoms with Crippen LogP contribution in [0.15, 0.2) is 35.2 Å². The van der Waals surface area contributed by atoms with E-state index in [0.717, 1.165) is 43.1 Å². The molecule has 2 N–H and O–H groups in total. The lowest BCUT2D eigenvalue weighted by Crippen LogP contribution is -2.48. The first-order valence-corrected chi connectivity index (χ1v) is 9.53. The van der Waals surface area contributed by atoms with Crippen molar-refractivity contribution >= 4 is 5.91 Å². The van der Waals surface area contributed by atoms with Crippen molar-refractivity contribution in [2.24, 2.45) is 7.05 Å². The van der Waals surface area contributed by atoms with Gasteiger partial charge >= 0.3 is 6.18 Å². The summed E-state index contributed by atoms with van der Waals surface area (Å²) < 4.78 is 47.4. The Kier molecular flexibility index (Phi) is 6.33. The molecule has 2 aromatic rings. The average Bonchev–Trinajstić information content (AvgIpc) is 3.34. The number of furan rings is 1. The number of likely N-dealkylation sites (tertiary alicyclic amines) is 1. The molecule has 0 aliphatic carbocycles. The Morgan fingerprint density at radius 2 is 2.07 bits per heavy atom. The smallest absolute Gasteiger partial charge is 0.425 e. The summed E-state index contributed by atoms with van der Waals surface area (Å²) in [7, 11) is 1.33. The molecular formula is C19H25F3N4O3. The number of aromatic nitrogens is 2. The maximum absolute atomic E-state index is 13.6. The van der Waals surface area contributed by atoms with Gasteiger partial charge in [0.25, 0.3) is 0 Å². The van der Waals surface area contributed by atoms with E-state index < -0.39 is 29.9 Å². The Morgan fingerprint density at radius 3 is 2.62 bits per heavy atom. The van der Waals surface area contributed by atoms with Crippen LogP contribution in [-0.2, 0) is 17.4 Å². The van der Waals surface area contributed by atoms with Gasteiger partial charge in [0.1, 0.15) is 5.76 Å². The van der Waals surface area contributed by atoms with Crippen LogP contribution in [-0.4, -0.2) is 51.3 Å². The van der Waals surface area contributed by atoms with Gasteiger partial charge in [-0.05, 0) is 38.1 Å². The summed E-state index contributed by atoms with van der Waals surface area (Å²) in [5.41, 5.74) is -3.37. The number of aryl methyl sites for hydroxylation is 1. The maximum atomic E-state index is 13.6. The normalized spacial score (nSPS) is 18.9. The van der Waals surface area contributed by atoms with Gasteiger partial charge in [-0.25, -0.2) is 4.98 Å². The Bertz CT molecular complexity index is 800. The molecular weight excluding hydrogens is 389 g/mol. The first-order valence-electron chi connectivity index (χ1n) is 9.53. The topological polar surface area (TPSA) is 83.5 Å². The molecule has 0 aromatic carbocycles. The highest BCUT2D eigenvalue weighted by atomic mass is 19.4. The standard InChI is InChI=1S/C19H25F3N4O3/c1-25-10-7-23-17(25)18(28,19(20,21)22)12-16(27)24-13-14(15-6-5-11-29-15)26-8-3-2-4-9-26/h5-7,10-11,14,28H,2-4,8-9,12-13H2,1H3,(H,24,27). The summed E-state index contributed by atoms with van der Waals surface area (Å²) in [6, 6.07) is 3.24. The Morgan fingerprint density at radius 1 is 1.34 bits per heavy atom. The van der Waals surface area contributed by atoms with Crippen LogP contribution in [0.4, 0.5) is 13.2 Å². The van der Waals surface area contributed by atoms with E-state index in [2.05, 4.69) is 15.2 Å². The zero-order valence-electron chi connectivity index (χ0n) is 16.2. The Balaban J connectivity index is 1.71. The molecule has 0 saturated carbocycles. The summed E-state index contributed by atoms with van der Waals surface area (Å²) in [5, 5.41) is 12.9. The largest absolute Gasteiger partial charge is 0.468 e. The van der Waals surface area contributed by atoms with Crippen molar-refractivity contribution in [3.05, 3.63) is 42.4 Å². The van der Waals surface area contributed by atoms with Gasteiger partial charge in [0.05, 0.1) is 18.7 Å². The predicted octanol–water partition coefficient (Wildman–Crippen LogP) is 2.50. The molecule has 1 amide bonds. The van der Waals surface area contributed by atoms with Crippen LogP contribution in [0.3, 0.4) is 0 Å². The van der Waals surface area contributed by atoms with Crippen molar-refractivity contribution in [2.75, 3.05) is 19.6 Å². The third-order valence-corrected chi connectivity index (χ3v) is 5.27. The minimum atomic E-state index is -5.06. The number of amides is 1. The van der Waals surface area contributed by atoms with Crippen molar-refractivity contribution in [1.29, 1.82) is 0 Å². The highest BCUT2D eigenvalue weighted by Gasteiger charge is 2.58. The van der Waals surface area contributed by atoms with Crippen LogP contribution in [0.1, 0.15) is 43.3 Å². The van der Waals surface area contributed by atoms with Crippen molar-refractivity contribution in [3.8, 4) is 0 Å². The Labute approximate surface area is 166 Å². The fraction of sp³-hybridized carbons (Fsp3) is 0.579. The van der Waals surface area contributed by atoms with Gasteiger partial charge in [-0.1, -0.05) is 6.42 Å². The van der Waals surface area contributed by atoms with Crippen LogP contribution in [0, 0.1) is 0 Å². The number of nitrogens with one attached hydrogen (secondary N) is 1. The van der Waals surface area contributed by atoms with Gasteiger partial charge in [0.2, 0.25) is 11.5 Å². The van der Waals surface area contributed by atoms with Crippen LogP contribution >= 0.6 is 0 Å². The van der Waals surface area contributed by atoms with E-state index in [9.17, 15) is 23.1 Å². The van der Waals surface area contributed by atoms with E-state index in [1.54, 1.807) is 12.1 Å². The highest BCUT2D eigenvalue weighted by Crippen LogP contribution is 2.40. The SMILES string of the molecule is Cn1ccnc1C(O)(CC(=O)NCC(c1ccco1)N1CCCCC1)C(F)(F)F. The zero-order valence-corrected chi connectivity index (χ0v) is 16.2. The Hall–Kier alpha value is -2.33. The maximum Gasteiger partial charge on any atom is 0.425 e. The van der Waals surface area contributed by atoms with E-state index in [0.29, 0.717) is 5.76 Å². The van der Waals surface area contributed by atoms with E-state index in [-0.39, 0.29) is 12.6 Å². The number of piperidine rings is 1. The lowest BCUT2D eigenvalue weighted by Gasteiger charge is -2.34. The molecule has 2 unspecified atom stereocenters. The van der Waals surface area contributed by atoms with Gasteiger partial charge in [-0.3, -0.25) is 9.69 Å². The molecule has 1 fully saturated rings. The first-order chi connectivity index (χ1) is 13.7. The summed E-state index contributed by atoms with van der Waals surface area (Å²) in [6.07, 6.45) is 0.868. The summed E-state index contributed by atoms with van der Waals surface area (Å²) in [4.78, 5) is 18.2. The van der Waals surface area contributed by atoms with E-state index in [1.165, 1.54) is 19.5 Å². The molecule has 2 atom stereocenters. The average molecular weight is 414 g/mol. The molecule has 3 heterocycles. The number of hydrogen-bond acceptors (Lipinski definition) is 5. The molecule has 0 bridgehead atoms. The minimum absolute atomic E-state index is 0.0842. The zero-order chi connectivity index (χ0) is 21.1. The third kappa shape index (κ3) is 4.64. The molecule has 0 spiro atoms. The number of carbonyl (C=O) groups excluding carboxylic acids is 1. The monoisotopic (exact) mass is 414 g/mol. The van der Waals surface area contributed by atoms with Crippen LogP contribution in [0.5, 0.6) is 0 Å². The molecule has 0 radical (unpaired) electrons. The number of carbonyl (C=O) groups is 1. The third-order valence-electron chi connectivity index (χ3n) is 5.27. The van der Waals surface area contributed by atoms with Crippen molar-refractivity contribution < 1.29 is 27.5 Å². The number of alkyl halides is 3. The van der Waals surface area contributed by atoms with Crippen LogP contribution in [0.2, 0.25) is 0 Å². The lowest BCUT2D eigenvalue weighted by atomic mass is 9.97. The molecule has 10 heteroatoms. The summed E-state index contributed by atoms with van der Waals surface area (Å²) in [6.45, 7) is 1.73. The molecule has 1 saturated heterocycles. The molecule has 1 aliphatic rings. The predicted molar refractivity (Wildman–Crippen MR) is 97.7 cm³/mol. The fourth-order valence-electron chi connectivity index (χ4n) is 3.70. The van der Waals surface area contributed by atoms with Gasteiger partial charge in [0.15, 0.2) is 5.82 Å². The highest BCUT2D eigenvalue weighted by molar-refractivity contribution is 5.77. The molecule has 2 aromatic heterocycles. The van der Waals surface area contributed by atoms with Gasteiger partial charge < -0.3 is 19.4 Å². The summed E-state index contributed by atoms with van der Waals surface area (Å²) in [5.74, 6) is -0.900.